The van der Waals surface area contributed by atoms with E-state index in [-0.39, 0.29) is 30.2 Å². The van der Waals surface area contributed by atoms with E-state index in [9.17, 15) is 14.0 Å². The number of carbonyl (C=O) groups is 2. The van der Waals surface area contributed by atoms with E-state index in [1.165, 1.54) is 13.2 Å². The standard InChI is InChI=1S/C21H27FN4O3/c1-14(2)13-18(20(27)24-10-9-23)25-21(28)26-11-7-15(8-12-26)16-5-4-6-17(22)19(16)29-3/h4-7,14,18H,8,10-13H2,1-3H3,(H,24,27)(H,25,28). The molecule has 1 aromatic rings. The molecule has 1 unspecified atom stereocenters. The first-order valence-electron chi connectivity index (χ1n) is 9.59. The predicted molar refractivity (Wildman–Crippen MR) is 108 cm³/mol. The number of methoxy groups -OCH3 is 1. The molecule has 0 aromatic heterocycles. The van der Waals surface area contributed by atoms with Crippen molar-refractivity contribution in [2.45, 2.75) is 32.7 Å². The van der Waals surface area contributed by atoms with Gasteiger partial charge in [0.1, 0.15) is 12.6 Å². The molecule has 2 rings (SSSR count). The first kappa shape index (κ1) is 22.2. The third-order valence-corrected chi connectivity index (χ3v) is 4.68. The highest BCUT2D eigenvalue weighted by atomic mass is 19.1. The maximum atomic E-state index is 13.9. The van der Waals surface area contributed by atoms with Gasteiger partial charge in [-0.1, -0.05) is 32.1 Å². The normalized spacial score (nSPS) is 14.6. The van der Waals surface area contributed by atoms with E-state index < -0.39 is 11.9 Å². The van der Waals surface area contributed by atoms with Crippen LogP contribution in [0, 0.1) is 23.1 Å². The number of para-hydroxylation sites is 1. The van der Waals surface area contributed by atoms with Crippen LogP contribution in [-0.2, 0) is 4.79 Å². The molecule has 1 aromatic carbocycles. The second kappa shape index (κ2) is 10.5. The largest absolute Gasteiger partial charge is 0.493 e. The summed E-state index contributed by atoms with van der Waals surface area (Å²) in [7, 11) is 1.43. The number of hydrogen-bond donors (Lipinski definition) is 2. The Morgan fingerprint density at radius 1 is 1.38 bits per heavy atom. The zero-order valence-electron chi connectivity index (χ0n) is 17.0. The molecule has 1 aliphatic rings. The summed E-state index contributed by atoms with van der Waals surface area (Å²) in [5.41, 5.74) is 1.59. The Morgan fingerprint density at radius 3 is 2.72 bits per heavy atom. The molecule has 1 atom stereocenters. The number of rotatable bonds is 7. The van der Waals surface area contributed by atoms with Crippen molar-refractivity contribution in [1.29, 1.82) is 5.26 Å². The summed E-state index contributed by atoms with van der Waals surface area (Å²) in [5, 5.41) is 13.9. The molecule has 0 saturated heterocycles. The van der Waals surface area contributed by atoms with Crippen molar-refractivity contribution in [3.05, 3.63) is 35.7 Å². The van der Waals surface area contributed by atoms with Crippen LogP contribution in [0.5, 0.6) is 5.75 Å². The van der Waals surface area contributed by atoms with Crippen molar-refractivity contribution < 1.29 is 18.7 Å². The number of nitrogens with one attached hydrogen (secondary N) is 2. The number of urea groups is 1. The van der Waals surface area contributed by atoms with E-state index >= 15 is 0 Å². The van der Waals surface area contributed by atoms with Crippen LogP contribution in [0.3, 0.4) is 0 Å². The van der Waals surface area contributed by atoms with Crippen LogP contribution >= 0.6 is 0 Å². The van der Waals surface area contributed by atoms with Crippen LogP contribution < -0.4 is 15.4 Å². The zero-order valence-corrected chi connectivity index (χ0v) is 17.0. The van der Waals surface area contributed by atoms with E-state index in [4.69, 9.17) is 10.00 Å². The highest BCUT2D eigenvalue weighted by Crippen LogP contribution is 2.32. The van der Waals surface area contributed by atoms with Crippen molar-refractivity contribution in [3.63, 3.8) is 0 Å². The van der Waals surface area contributed by atoms with Gasteiger partial charge >= 0.3 is 6.03 Å². The molecule has 1 heterocycles. The lowest BCUT2D eigenvalue weighted by atomic mass is 9.98. The third-order valence-electron chi connectivity index (χ3n) is 4.68. The van der Waals surface area contributed by atoms with Gasteiger partial charge in [-0.3, -0.25) is 4.79 Å². The van der Waals surface area contributed by atoms with E-state index in [1.807, 2.05) is 26.0 Å². The molecular formula is C21H27FN4O3. The summed E-state index contributed by atoms with van der Waals surface area (Å²) in [4.78, 5) is 26.5. The summed E-state index contributed by atoms with van der Waals surface area (Å²) < 4.78 is 19.1. The first-order valence-corrected chi connectivity index (χ1v) is 9.59. The lowest BCUT2D eigenvalue weighted by Gasteiger charge is -2.29. The molecular weight excluding hydrogens is 375 g/mol. The van der Waals surface area contributed by atoms with Crippen molar-refractivity contribution in [2.75, 3.05) is 26.7 Å². The molecule has 7 nitrogen and oxygen atoms in total. The number of nitrogens with zero attached hydrogens (tertiary/aromatic N) is 2. The molecule has 0 spiro atoms. The first-order chi connectivity index (χ1) is 13.9. The highest BCUT2D eigenvalue weighted by Gasteiger charge is 2.26. The van der Waals surface area contributed by atoms with Crippen molar-refractivity contribution >= 4 is 17.5 Å². The second-order valence-electron chi connectivity index (χ2n) is 7.25. The quantitative estimate of drug-likeness (QED) is 0.686. The zero-order chi connectivity index (χ0) is 21.4. The molecule has 3 amide bonds. The maximum Gasteiger partial charge on any atom is 0.318 e. The van der Waals surface area contributed by atoms with Crippen LogP contribution in [0.15, 0.2) is 24.3 Å². The molecule has 0 bridgehead atoms. The van der Waals surface area contributed by atoms with Crippen LogP contribution in [0.4, 0.5) is 9.18 Å². The number of halogens is 1. The van der Waals surface area contributed by atoms with E-state index in [1.54, 1.807) is 17.0 Å². The van der Waals surface area contributed by atoms with Crippen LogP contribution in [0.2, 0.25) is 0 Å². The fourth-order valence-corrected chi connectivity index (χ4v) is 3.26. The molecule has 29 heavy (non-hydrogen) atoms. The van der Waals surface area contributed by atoms with Crippen molar-refractivity contribution in [2.24, 2.45) is 5.92 Å². The van der Waals surface area contributed by atoms with E-state index in [2.05, 4.69) is 10.6 Å². The van der Waals surface area contributed by atoms with E-state index in [0.717, 1.165) is 5.57 Å². The SMILES string of the molecule is COc1c(F)cccc1C1=CCN(C(=O)NC(CC(C)C)C(=O)NCC#N)CC1. The second-order valence-corrected chi connectivity index (χ2v) is 7.25. The summed E-state index contributed by atoms with van der Waals surface area (Å²) in [6.07, 6.45) is 2.88. The average Bonchev–Trinajstić information content (AvgIpc) is 2.71. The molecule has 8 heteroatoms. The van der Waals surface area contributed by atoms with Crippen molar-refractivity contribution in [1.82, 2.24) is 15.5 Å². The minimum absolute atomic E-state index is 0.103. The summed E-state index contributed by atoms with van der Waals surface area (Å²) >= 11 is 0. The Balaban J connectivity index is 2.05. The van der Waals surface area contributed by atoms with Crippen LogP contribution in [0.25, 0.3) is 5.57 Å². The maximum absolute atomic E-state index is 13.9. The lowest BCUT2D eigenvalue weighted by Crippen LogP contribution is -2.52. The predicted octanol–water partition coefficient (Wildman–Crippen LogP) is 2.69. The molecule has 0 aliphatic carbocycles. The molecule has 1 aliphatic heterocycles. The van der Waals surface area contributed by atoms with Gasteiger partial charge in [-0.15, -0.1) is 0 Å². The number of amides is 3. The highest BCUT2D eigenvalue weighted by molar-refractivity contribution is 5.87. The topological polar surface area (TPSA) is 94.5 Å². The Bertz CT molecular complexity index is 817. The lowest BCUT2D eigenvalue weighted by molar-refractivity contribution is -0.123. The van der Waals surface area contributed by atoms with Gasteiger partial charge in [0, 0.05) is 18.7 Å². The van der Waals surface area contributed by atoms with E-state index in [0.29, 0.717) is 31.5 Å². The van der Waals surface area contributed by atoms with Gasteiger partial charge in [0.2, 0.25) is 5.91 Å². The summed E-state index contributed by atoms with van der Waals surface area (Å²) in [5.74, 6) is -0.401. The molecule has 0 radical (unpaired) electrons. The van der Waals surface area contributed by atoms with Gasteiger partial charge in [0.05, 0.1) is 13.2 Å². The van der Waals surface area contributed by atoms with Gasteiger partial charge in [-0.05, 0) is 30.4 Å². The molecule has 2 N–H and O–H groups in total. The Labute approximate surface area is 170 Å². The number of nitriles is 1. The Kier molecular flexibility index (Phi) is 8.01. The number of benzene rings is 1. The summed E-state index contributed by atoms with van der Waals surface area (Å²) in [6, 6.07) is 5.58. The molecule has 156 valence electrons. The average molecular weight is 402 g/mol. The smallest absolute Gasteiger partial charge is 0.318 e. The van der Waals surface area contributed by atoms with Gasteiger partial charge in [-0.25, -0.2) is 9.18 Å². The molecule has 0 fully saturated rings. The van der Waals surface area contributed by atoms with Gasteiger partial charge < -0.3 is 20.3 Å². The fourth-order valence-electron chi connectivity index (χ4n) is 3.26. The van der Waals surface area contributed by atoms with Gasteiger partial charge in [-0.2, -0.15) is 5.26 Å². The summed E-state index contributed by atoms with van der Waals surface area (Å²) in [6.45, 7) is 4.59. The third kappa shape index (κ3) is 5.95. The number of ether oxygens (including phenoxy) is 1. The Hall–Kier alpha value is -3.08. The van der Waals surface area contributed by atoms with Crippen LogP contribution in [-0.4, -0.2) is 49.6 Å². The number of carbonyl (C=O) groups excluding carboxylic acids is 2. The minimum Gasteiger partial charge on any atom is -0.493 e. The van der Waals surface area contributed by atoms with Crippen molar-refractivity contribution in [3.8, 4) is 11.8 Å². The Morgan fingerprint density at radius 2 is 2.14 bits per heavy atom. The van der Waals surface area contributed by atoms with Gasteiger partial charge in [0.25, 0.3) is 0 Å². The number of hydrogen-bond acceptors (Lipinski definition) is 4. The minimum atomic E-state index is -0.704. The molecule has 0 saturated carbocycles. The monoisotopic (exact) mass is 402 g/mol. The van der Waals surface area contributed by atoms with Crippen LogP contribution in [0.1, 0.15) is 32.3 Å². The van der Waals surface area contributed by atoms with Gasteiger partial charge in [0.15, 0.2) is 11.6 Å². The fraction of sp³-hybridized carbons (Fsp3) is 0.476.